The van der Waals surface area contributed by atoms with E-state index < -0.39 is 12.1 Å². The van der Waals surface area contributed by atoms with Crippen LogP contribution >= 0.6 is 12.2 Å². The first-order chi connectivity index (χ1) is 9.02. The molecule has 0 spiro atoms. The molecule has 0 aliphatic carbocycles. The molecule has 0 unspecified atom stereocenters. The highest BCUT2D eigenvalue weighted by molar-refractivity contribution is 7.80. The third kappa shape index (κ3) is 2.78. The minimum absolute atomic E-state index is 0.301. The third-order valence-corrected chi connectivity index (χ3v) is 3.42. The molecule has 2 rings (SSSR count). The Kier molecular flexibility index (Phi) is 3.88. The first-order valence-corrected chi connectivity index (χ1v) is 6.35. The van der Waals surface area contributed by atoms with Gasteiger partial charge in [-0.25, -0.2) is 0 Å². The van der Waals surface area contributed by atoms with Crippen molar-refractivity contribution in [2.75, 3.05) is 19.0 Å². The number of hydrogen-bond donors (Lipinski definition) is 3. The molecule has 0 amide bonds. The number of hydrogen-bond acceptors (Lipinski definition) is 4. The monoisotopic (exact) mass is 276 g/mol. The van der Waals surface area contributed by atoms with Crippen LogP contribution in [0.2, 0.25) is 0 Å². The number of aliphatic hydroxyl groups is 1. The van der Waals surface area contributed by atoms with Gasteiger partial charge in [0.2, 0.25) is 0 Å². The molecule has 1 aliphatic rings. The zero-order valence-corrected chi connectivity index (χ0v) is 11.6. The molecule has 100 valence electrons. The lowest BCUT2D eigenvalue weighted by Gasteiger charge is -2.34. The van der Waals surface area contributed by atoms with Gasteiger partial charge in [0.25, 0.3) is 0 Å². The number of thiocarbonyl (C=S) groups is 1. The van der Waals surface area contributed by atoms with Crippen molar-refractivity contribution in [2.45, 2.75) is 12.3 Å². The summed E-state index contributed by atoms with van der Waals surface area (Å²) in [5.41, 5.74) is 2.01. The number of nitrogens with one attached hydrogen (secondary N) is 2. The molecule has 1 aliphatic heterocycles. The van der Waals surface area contributed by atoms with Crippen molar-refractivity contribution in [1.82, 2.24) is 10.6 Å². The summed E-state index contributed by atoms with van der Waals surface area (Å²) in [6.45, 7) is 0. The highest BCUT2D eigenvalue weighted by atomic mass is 32.1. The molecule has 1 aromatic carbocycles. The SMILES string of the molecule is CN(C)c1ccc([C@@H]2NC(=S)N[C@@H](O)[C@@H]2C#N)cc1. The fraction of sp³-hybridized carbons (Fsp3) is 0.385. The summed E-state index contributed by atoms with van der Waals surface area (Å²) in [5.74, 6) is -0.586. The fourth-order valence-electron chi connectivity index (χ4n) is 2.09. The van der Waals surface area contributed by atoms with Crippen molar-refractivity contribution in [3.05, 3.63) is 29.8 Å². The van der Waals surface area contributed by atoms with Crippen LogP contribution in [0.1, 0.15) is 11.6 Å². The van der Waals surface area contributed by atoms with E-state index >= 15 is 0 Å². The maximum Gasteiger partial charge on any atom is 0.168 e. The van der Waals surface area contributed by atoms with Gasteiger partial charge in [-0.1, -0.05) is 12.1 Å². The summed E-state index contributed by atoms with van der Waals surface area (Å²) in [6, 6.07) is 9.65. The normalized spacial score (nSPS) is 26.0. The average molecular weight is 276 g/mol. The Balaban J connectivity index is 2.28. The Bertz CT molecular complexity index is 508. The fourth-order valence-corrected chi connectivity index (χ4v) is 2.34. The Hall–Kier alpha value is -1.84. The van der Waals surface area contributed by atoms with E-state index in [4.69, 9.17) is 12.2 Å². The molecule has 3 N–H and O–H groups in total. The van der Waals surface area contributed by atoms with E-state index in [1.807, 2.05) is 43.3 Å². The molecule has 0 saturated carbocycles. The summed E-state index contributed by atoms with van der Waals surface area (Å²) < 4.78 is 0. The van der Waals surface area contributed by atoms with Gasteiger partial charge in [0.15, 0.2) is 5.11 Å². The predicted molar refractivity (Wildman–Crippen MR) is 77.5 cm³/mol. The van der Waals surface area contributed by atoms with Crippen LogP contribution in [-0.2, 0) is 0 Å². The van der Waals surface area contributed by atoms with E-state index in [2.05, 4.69) is 16.7 Å². The Morgan fingerprint density at radius 1 is 1.26 bits per heavy atom. The van der Waals surface area contributed by atoms with Gasteiger partial charge in [-0.15, -0.1) is 0 Å². The molecule has 1 aromatic rings. The molecule has 1 saturated heterocycles. The lowest BCUT2D eigenvalue weighted by molar-refractivity contribution is 0.0896. The summed E-state index contributed by atoms with van der Waals surface area (Å²) in [7, 11) is 3.93. The van der Waals surface area contributed by atoms with Crippen LogP contribution in [0.4, 0.5) is 5.69 Å². The smallest absolute Gasteiger partial charge is 0.168 e. The minimum Gasteiger partial charge on any atom is -0.378 e. The number of nitriles is 1. The molecule has 19 heavy (non-hydrogen) atoms. The van der Waals surface area contributed by atoms with Gasteiger partial charge < -0.3 is 20.6 Å². The topological polar surface area (TPSA) is 71.3 Å². The molecule has 0 aromatic heterocycles. The van der Waals surface area contributed by atoms with Crippen LogP contribution in [0, 0.1) is 17.2 Å². The van der Waals surface area contributed by atoms with Crippen LogP contribution in [0.5, 0.6) is 0 Å². The van der Waals surface area contributed by atoms with Crippen LogP contribution < -0.4 is 15.5 Å². The second kappa shape index (κ2) is 5.43. The van der Waals surface area contributed by atoms with Gasteiger partial charge in [0.05, 0.1) is 12.1 Å². The second-order valence-electron chi connectivity index (χ2n) is 4.68. The van der Waals surface area contributed by atoms with Gasteiger partial charge >= 0.3 is 0 Å². The molecular weight excluding hydrogens is 260 g/mol. The van der Waals surface area contributed by atoms with E-state index in [-0.39, 0.29) is 6.04 Å². The van der Waals surface area contributed by atoms with Crippen LogP contribution in [0.15, 0.2) is 24.3 Å². The zero-order chi connectivity index (χ0) is 14.0. The van der Waals surface area contributed by atoms with Crippen LogP contribution in [0.3, 0.4) is 0 Å². The molecule has 1 fully saturated rings. The van der Waals surface area contributed by atoms with Gasteiger partial charge in [-0.3, -0.25) is 0 Å². The predicted octanol–water partition coefficient (Wildman–Crippen LogP) is 0.730. The summed E-state index contributed by atoms with van der Waals surface area (Å²) in [6.07, 6.45) is -0.947. The van der Waals surface area contributed by atoms with Gasteiger partial charge in [-0.05, 0) is 29.9 Å². The van der Waals surface area contributed by atoms with E-state index in [9.17, 15) is 10.4 Å². The first kappa shape index (κ1) is 13.6. The molecule has 0 radical (unpaired) electrons. The van der Waals surface area contributed by atoms with E-state index in [1.54, 1.807) is 0 Å². The summed E-state index contributed by atoms with van der Waals surface area (Å²) in [5, 5.41) is 25.1. The Labute approximate surface area is 117 Å². The molecule has 1 heterocycles. The van der Waals surface area contributed by atoms with Crippen molar-refractivity contribution in [3.8, 4) is 6.07 Å². The molecule has 0 bridgehead atoms. The quantitative estimate of drug-likeness (QED) is 0.692. The summed E-state index contributed by atoms with van der Waals surface area (Å²) >= 11 is 5.03. The minimum atomic E-state index is -0.947. The first-order valence-electron chi connectivity index (χ1n) is 5.95. The Morgan fingerprint density at radius 3 is 2.42 bits per heavy atom. The maximum atomic E-state index is 9.84. The Morgan fingerprint density at radius 2 is 1.89 bits per heavy atom. The maximum absolute atomic E-state index is 9.84. The second-order valence-corrected chi connectivity index (χ2v) is 5.09. The standard InChI is InChI=1S/C13H16N4OS/c1-17(2)9-5-3-8(4-6-9)11-10(7-14)12(18)16-13(19)15-11/h3-6,10-12,18H,1-2H3,(H2,15,16,19)/t10-,11+,12+/m1/s1. The zero-order valence-electron chi connectivity index (χ0n) is 10.8. The highest BCUT2D eigenvalue weighted by Gasteiger charge is 2.34. The van der Waals surface area contributed by atoms with Gasteiger partial charge in [0.1, 0.15) is 12.1 Å². The number of nitrogens with zero attached hydrogens (tertiary/aromatic N) is 2. The largest absolute Gasteiger partial charge is 0.378 e. The van der Waals surface area contributed by atoms with E-state index in [0.29, 0.717) is 5.11 Å². The van der Waals surface area contributed by atoms with E-state index in [1.165, 1.54) is 0 Å². The lowest BCUT2D eigenvalue weighted by atomic mass is 9.91. The molecule has 5 nitrogen and oxygen atoms in total. The lowest BCUT2D eigenvalue weighted by Crippen LogP contribution is -2.55. The van der Waals surface area contributed by atoms with Crippen LogP contribution in [0.25, 0.3) is 0 Å². The molecule has 3 atom stereocenters. The molecule has 6 heteroatoms. The van der Waals surface area contributed by atoms with Crippen LogP contribution in [-0.4, -0.2) is 30.5 Å². The average Bonchev–Trinajstić information content (AvgIpc) is 2.38. The van der Waals surface area contributed by atoms with Gasteiger partial charge in [0, 0.05) is 19.8 Å². The number of benzene rings is 1. The van der Waals surface area contributed by atoms with Crippen molar-refractivity contribution in [2.24, 2.45) is 5.92 Å². The summed E-state index contributed by atoms with van der Waals surface area (Å²) in [4.78, 5) is 2.00. The molecular formula is C13H16N4OS. The number of aliphatic hydroxyl groups excluding tert-OH is 1. The van der Waals surface area contributed by atoms with Crippen molar-refractivity contribution in [3.63, 3.8) is 0 Å². The van der Waals surface area contributed by atoms with Crippen molar-refractivity contribution in [1.29, 1.82) is 5.26 Å². The van der Waals surface area contributed by atoms with Crippen molar-refractivity contribution >= 4 is 23.0 Å². The third-order valence-electron chi connectivity index (χ3n) is 3.18. The van der Waals surface area contributed by atoms with Gasteiger partial charge in [-0.2, -0.15) is 5.26 Å². The van der Waals surface area contributed by atoms with E-state index in [0.717, 1.165) is 11.3 Å². The number of rotatable bonds is 2. The highest BCUT2D eigenvalue weighted by Crippen LogP contribution is 2.27. The number of anilines is 1. The van der Waals surface area contributed by atoms with Crippen molar-refractivity contribution < 1.29 is 5.11 Å².